The fourth-order valence-corrected chi connectivity index (χ4v) is 3.21. The Hall–Kier alpha value is -2.51. The van der Waals surface area contributed by atoms with E-state index in [-0.39, 0.29) is 24.5 Å². The summed E-state index contributed by atoms with van der Waals surface area (Å²) in [5, 5.41) is 6.94. The zero-order chi connectivity index (χ0) is 17.6. The first kappa shape index (κ1) is 17.3. The van der Waals surface area contributed by atoms with Crippen molar-refractivity contribution < 1.29 is 9.59 Å². The van der Waals surface area contributed by atoms with Crippen LogP contribution in [0.4, 0.5) is 0 Å². The van der Waals surface area contributed by atoms with Crippen molar-refractivity contribution in [1.29, 1.82) is 0 Å². The summed E-state index contributed by atoms with van der Waals surface area (Å²) in [6.07, 6.45) is 5.45. The van der Waals surface area contributed by atoms with Gasteiger partial charge in [-0.2, -0.15) is 5.10 Å². The van der Waals surface area contributed by atoms with Crippen molar-refractivity contribution in [2.75, 3.05) is 0 Å². The molecule has 3 aromatic heterocycles. The van der Waals surface area contributed by atoms with Crippen molar-refractivity contribution in [1.82, 2.24) is 20.1 Å². The number of aromatic nitrogens is 3. The van der Waals surface area contributed by atoms with Crippen molar-refractivity contribution in [3.63, 3.8) is 0 Å². The van der Waals surface area contributed by atoms with Gasteiger partial charge in [0.15, 0.2) is 11.6 Å². The standard InChI is InChI=1S/C17H15ClN4O2S/c18-15-4-3-14(25-15)13(23)2-5-17(24)20-11-12-6-8-19-16(10-12)22-9-1-7-21-22/h1,3-4,6-10H,2,5,11H2,(H,20,24). The maximum absolute atomic E-state index is 12.0. The van der Waals surface area contributed by atoms with E-state index in [4.69, 9.17) is 11.6 Å². The Labute approximate surface area is 153 Å². The molecule has 0 aliphatic heterocycles. The highest BCUT2D eigenvalue weighted by Gasteiger charge is 2.11. The average Bonchev–Trinajstić information content (AvgIpc) is 3.30. The minimum atomic E-state index is -0.173. The van der Waals surface area contributed by atoms with Gasteiger partial charge in [0.25, 0.3) is 0 Å². The number of thiophene rings is 1. The van der Waals surface area contributed by atoms with Gasteiger partial charge < -0.3 is 5.32 Å². The molecule has 0 saturated carbocycles. The molecule has 25 heavy (non-hydrogen) atoms. The van der Waals surface area contributed by atoms with Gasteiger partial charge in [-0.25, -0.2) is 9.67 Å². The number of halogens is 1. The van der Waals surface area contributed by atoms with Crippen LogP contribution in [-0.2, 0) is 11.3 Å². The van der Waals surface area contributed by atoms with Crippen molar-refractivity contribution in [2.24, 2.45) is 0 Å². The minimum absolute atomic E-state index is 0.0723. The molecule has 0 aliphatic rings. The molecule has 0 atom stereocenters. The molecule has 0 aliphatic carbocycles. The maximum atomic E-state index is 12.0. The SMILES string of the molecule is O=C(CCC(=O)c1ccc(Cl)s1)NCc1ccnc(-n2cccn2)c1. The normalized spacial score (nSPS) is 10.6. The second kappa shape index (κ2) is 8.04. The summed E-state index contributed by atoms with van der Waals surface area (Å²) in [6, 6.07) is 8.85. The smallest absolute Gasteiger partial charge is 0.220 e. The van der Waals surface area contributed by atoms with Crippen molar-refractivity contribution in [3.8, 4) is 5.82 Å². The number of carbonyl (C=O) groups excluding carboxylic acids is 2. The van der Waals surface area contributed by atoms with Gasteiger partial charge in [-0.1, -0.05) is 11.6 Å². The zero-order valence-corrected chi connectivity index (χ0v) is 14.8. The zero-order valence-electron chi connectivity index (χ0n) is 13.2. The van der Waals surface area contributed by atoms with Crippen LogP contribution in [0.1, 0.15) is 28.1 Å². The molecule has 8 heteroatoms. The molecule has 0 saturated heterocycles. The predicted molar refractivity (Wildman–Crippen MR) is 96.1 cm³/mol. The summed E-state index contributed by atoms with van der Waals surface area (Å²) in [7, 11) is 0. The van der Waals surface area contributed by atoms with E-state index in [1.165, 1.54) is 11.3 Å². The molecule has 1 amide bonds. The average molecular weight is 375 g/mol. The molecule has 3 rings (SSSR count). The third-order valence-corrected chi connectivity index (χ3v) is 4.74. The van der Waals surface area contributed by atoms with Gasteiger partial charge in [-0.3, -0.25) is 9.59 Å². The van der Waals surface area contributed by atoms with Crippen molar-refractivity contribution >= 4 is 34.6 Å². The Balaban J connectivity index is 1.49. The largest absolute Gasteiger partial charge is 0.352 e. The number of nitrogens with zero attached hydrogens (tertiary/aromatic N) is 3. The Morgan fingerprint density at radius 1 is 1.20 bits per heavy atom. The molecular weight excluding hydrogens is 360 g/mol. The Morgan fingerprint density at radius 3 is 2.80 bits per heavy atom. The summed E-state index contributed by atoms with van der Waals surface area (Å²) in [5.41, 5.74) is 0.908. The molecule has 0 bridgehead atoms. The fraction of sp³-hybridized carbons (Fsp3) is 0.176. The lowest BCUT2D eigenvalue weighted by Crippen LogP contribution is -2.23. The number of nitrogens with one attached hydrogen (secondary N) is 1. The summed E-state index contributed by atoms with van der Waals surface area (Å²) in [4.78, 5) is 28.7. The van der Waals surface area contributed by atoms with Crippen LogP contribution in [0, 0.1) is 0 Å². The van der Waals surface area contributed by atoms with Gasteiger partial charge in [0.2, 0.25) is 5.91 Å². The van der Waals surface area contributed by atoms with Crippen LogP contribution in [0.5, 0.6) is 0 Å². The van der Waals surface area contributed by atoms with E-state index in [0.29, 0.717) is 21.6 Å². The van der Waals surface area contributed by atoms with Crippen LogP contribution < -0.4 is 5.32 Å². The fourth-order valence-electron chi connectivity index (χ4n) is 2.20. The van der Waals surface area contributed by atoms with Gasteiger partial charge in [0.1, 0.15) is 0 Å². The van der Waals surface area contributed by atoms with Crippen LogP contribution in [-0.4, -0.2) is 26.5 Å². The number of amides is 1. The lowest BCUT2D eigenvalue weighted by atomic mass is 10.2. The second-order valence-electron chi connectivity index (χ2n) is 5.28. The Morgan fingerprint density at radius 2 is 2.08 bits per heavy atom. The van der Waals surface area contributed by atoms with E-state index in [0.717, 1.165) is 5.56 Å². The molecule has 0 unspecified atom stereocenters. The third kappa shape index (κ3) is 4.74. The maximum Gasteiger partial charge on any atom is 0.220 e. The number of hydrogen-bond acceptors (Lipinski definition) is 5. The predicted octanol–water partition coefficient (Wildman–Crippen LogP) is 3.26. The van der Waals surface area contributed by atoms with Crippen LogP contribution >= 0.6 is 22.9 Å². The van der Waals surface area contributed by atoms with E-state index >= 15 is 0 Å². The highest BCUT2D eigenvalue weighted by molar-refractivity contribution is 7.18. The molecule has 0 aromatic carbocycles. The van der Waals surface area contributed by atoms with E-state index < -0.39 is 0 Å². The highest BCUT2D eigenvalue weighted by Crippen LogP contribution is 2.22. The number of ketones is 1. The summed E-state index contributed by atoms with van der Waals surface area (Å²) in [5.74, 6) is 0.437. The van der Waals surface area contributed by atoms with Gasteiger partial charge >= 0.3 is 0 Å². The first-order chi connectivity index (χ1) is 12.1. The summed E-state index contributed by atoms with van der Waals surface area (Å²) < 4.78 is 2.22. The van der Waals surface area contributed by atoms with E-state index in [1.54, 1.807) is 35.4 Å². The molecule has 0 radical (unpaired) electrons. The Kier molecular flexibility index (Phi) is 5.57. The second-order valence-corrected chi connectivity index (χ2v) is 6.99. The Bertz CT molecular complexity index is 876. The van der Waals surface area contributed by atoms with E-state index in [9.17, 15) is 9.59 Å². The molecule has 6 nitrogen and oxygen atoms in total. The van der Waals surface area contributed by atoms with Crippen molar-refractivity contribution in [2.45, 2.75) is 19.4 Å². The summed E-state index contributed by atoms with van der Waals surface area (Å²) in [6.45, 7) is 0.370. The number of rotatable bonds is 7. The number of Topliss-reactive ketones (excluding diaryl/α,β-unsaturated/α-hetero) is 1. The molecule has 3 heterocycles. The molecule has 1 N–H and O–H groups in total. The first-order valence-electron chi connectivity index (χ1n) is 7.62. The summed E-state index contributed by atoms with van der Waals surface area (Å²) >= 11 is 7.04. The topological polar surface area (TPSA) is 76.9 Å². The van der Waals surface area contributed by atoms with Crippen LogP contribution in [0.3, 0.4) is 0 Å². The molecule has 128 valence electrons. The van der Waals surface area contributed by atoms with Gasteiger partial charge in [-0.05, 0) is 35.9 Å². The van der Waals surface area contributed by atoms with E-state index in [2.05, 4.69) is 15.4 Å². The molecule has 3 aromatic rings. The monoisotopic (exact) mass is 374 g/mol. The molecule has 0 spiro atoms. The van der Waals surface area contributed by atoms with Crippen molar-refractivity contribution in [3.05, 3.63) is 63.7 Å². The lowest BCUT2D eigenvalue weighted by Gasteiger charge is -2.07. The molecular formula is C17H15ClN4O2S. The van der Waals surface area contributed by atoms with Crippen LogP contribution in [0.25, 0.3) is 5.82 Å². The van der Waals surface area contributed by atoms with Crippen LogP contribution in [0.15, 0.2) is 48.9 Å². The number of carbonyl (C=O) groups is 2. The number of hydrogen-bond donors (Lipinski definition) is 1. The van der Waals surface area contributed by atoms with Gasteiger partial charge in [0, 0.05) is 38.0 Å². The van der Waals surface area contributed by atoms with Gasteiger partial charge in [-0.15, -0.1) is 11.3 Å². The minimum Gasteiger partial charge on any atom is -0.352 e. The first-order valence-corrected chi connectivity index (χ1v) is 8.81. The van der Waals surface area contributed by atoms with Crippen LogP contribution in [0.2, 0.25) is 4.34 Å². The van der Waals surface area contributed by atoms with E-state index in [1.807, 2.05) is 18.2 Å². The van der Waals surface area contributed by atoms with Gasteiger partial charge in [0.05, 0.1) is 9.21 Å². The third-order valence-electron chi connectivity index (χ3n) is 3.47. The number of pyridine rings is 1. The quantitative estimate of drug-likeness (QED) is 0.644. The lowest BCUT2D eigenvalue weighted by molar-refractivity contribution is -0.121. The highest BCUT2D eigenvalue weighted by atomic mass is 35.5. The molecule has 0 fully saturated rings.